The van der Waals surface area contributed by atoms with Gasteiger partial charge in [0, 0.05) is 0 Å². The third-order valence-electron chi connectivity index (χ3n) is 2.97. The zero-order valence-corrected chi connectivity index (χ0v) is 10.7. The number of aliphatic carboxylic acids is 1. The van der Waals surface area contributed by atoms with Gasteiger partial charge in [0.05, 0.1) is 0 Å². The molecule has 0 aliphatic heterocycles. The van der Waals surface area contributed by atoms with Gasteiger partial charge in [0.1, 0.15) is 5.54 Å². The van der Waals surface area contributed by atoms with Crippen LogP contribution in [0.15, 0.2) is 24.3 Å². The van der Waals surface area contributed by atoms with Crippen LogP contribution in [-0.4, -0.2) is 16.6 Å². The Morgan fingerprint density at radius 2 is 1.94 bits per heavy atom. The average Bonchev–Trinajstić information content (AvgIpc) is 2.20. The maximum Gasteiger partial charge on any atom is 0.323 e. The lowest BCUT2D eigenvalue weighted by Gasteiger charge is -2.23. The van der Waals surface area contributed by atoms with Gasteiger partial charge in [0.2, 0.25) is 0 Å². The molecule has 0 aliphatic carbocycles. The van der Waals surface area contributed by atoms with Crippen LogP contribution in [0.4, 0.5) is 0 Å². The minimum absolute atomic E-state index is 0.254. The number of carboxylic acid groups (broad SMARTS) is 1. The molecule has 1 aromatic carbocycles. The molecule has 0 radical (unpaired) electrons. The summed E-state index contributed by atoms with van der Waals surface area (Å²) in [4.78, 5) is 10.9. The molecule has 17 heavy (non-hydrogen) atoms. The second-order valence-corrected chi connectivity index (χ2v) is 5.22. The van der Waals surface area contributed by atoms with Crippen molar-refractivity contribution in [1.82, 2.24) is 0 Å². The van der Waals surface area contributed by atoms with Gasteiger partial charge in [-0.25, -0.2) is 0 Å². The van der Waals surface area contributed by atoms with Crippen molar-refractivity contribution in [2.45, 2.75) is 39.2 Å². The smallest absolute Gasteiger partial charge is 0.323 e. The highest BCUT2D eigenvalue weighted by Gasteiger charge is 2.29. The number of benzene rings is 1. The lowest BCUT2D eigenvalue weighted by molar-refractivity contribution is -0.143. The molecule has 0 saturated heterocycles. The molecule has 0 bridgehead atoms. The van der Waals surface area contributed by atoms with E-state index in [0.717, 1.165) is 6.42 Å². The standard InChI is InChI=1S/C14H21NO2/c1-10-4-6-12(7-5-10)8-11(2)9-14(3,15)13(16)17/h4-7,11H,8-9,15H2,1-3H3,(H,16,17). The van der Waals surface area contributed by atoms with Crippen molar-refractivity contribution in [3.63, 3.8) is 0 Å². The Morgan fingerprint density at radius 3 is 2.41 bits per heavy atom. The first kappa shape index (κ1) is 13.7. The van der Waals surface area contributed by atoms with Crippen LogP contribution >= 0.6 is 0 Å². The Bertz CT molecular complexity index is 382. The molecule has 3 heteroatoms. The van der Waals surface area contributed by atoms with E-state index in [0.29, 0.717) is 6.42 Å². The molecule has 0 aromatic heterocycles. The van der Waals surface area contributed by atoms with Crippen molar-refractivity contribution < 1.29 is 9.90 Å². The SMILES string of the molecule is Cc1ccc(CC(C)CC(C)(N)C(=O)O)cc1. The summed E-state index contributed by atoms with van der Waals surface area (Å²) in [5, 5.41) is 8.97. The fourth-order valence-electron chi connectivity index (χ4n) is 2.01. The van der Waals surface area contributed by atoms with E-state index < -0.39 is 11.5 Å². The zero-order valence-electron chi connectivity index (χ0n) is 10.7. The van der Waals surface area contributed by atoms with Crippen LogP contribution in [-0.2, 0) is 11.2 Å². The molecule has 3 N–H and O–H groups in total. The van der Waals surface area contributed by atoms with Crippen molar-refractivity contribution in [3.8, 4) is 0 Å². The van der Waals surface area contributed by atoms with Gasteiger partial charge in [-0.15, -0.1) is 0 Å². The van der Waals surface area contributed by atoms with E-state index in [-0.39, 0.29) is 5.92 Å². The van der Waals surface area contributed by atoms with Crippen molar-refractivity contribution in [1.29, 1.82) is 0 Å². The molecule has 0 saturated carbocycles. The maximum atomic E-state index is 10.9. The van der Waals surface area contributed by atoms with Gasteiger partial charge in [-0.1, -0.05) is 36.8 Å². The fourth-order valence-corrected chi connectivity index (χ4v) is 2.01. The monoisotopic (exact) mass is 235 g/mol. The lowest BCUT2D eigenvalue weighted by atomic mass is 9.87. The predicted molar refractivity (Wildman–Crippen MR) is 68.9 cm³/mol. The first-order valence-corrected chi connectivity index (χ1v) is 5.89. The number of nitrogens with two attached hydrogens (primary N) is 1. The molecule has 1 rings (SSSR count). The molecule has 0 heterocycles. The normalized spacial score (nSPS) is 16.2. The summed E-state index contributed by atoms with van der Waals surface area (Å²) in [7, 11) is 0. The van der Waals surface area contributed by atoms with Gasteiger partial charge in [-0.2, -0.15) is 0 Å². The molecule has 0 fully saturated rings. The van der Waals surface area contributed by atoms with Crippen LogP contribution < -0.4 is 5.73 Å². The van der Waals surface area contributed by atoms with Crippen LogP contribution in [0.5, 0.6) is 0 Å². The maximum absolute atomic E-state index is 10.9. The molecule has 0 aliphatic rings. The lowest BCUT2D eigenvalue weighted by Crippen LogP contribution is -2.46. The van der Waals surface area contributed by atoms with E-state index in [2.05, 4.69) is 31.2 Å². The first-order valence-electron chi connectivity index (χ1n) is 5.89. The number of hydrogen-bond donors (Lipinski definition) is 2. The predicted octanol–water partition coefficient (Wildman–Crippen LogP) is 2.37. The zero-order chi connectivity index (χ0) is 13.1. The highest BCUT2D eigenvalue weighted by atomic mass is 16.4. The molecule has 2 unspecified atom stereocenters. The molecule has 0 spiro atoms. The van der Waals surface area contributed by atoms with Gasteiger partial charge in [-0.05, 0) is 38.2 Å². The van der Waals surface area contributed by atoms with Crippen LogP contribution in [0.1, 0.15) is 31.4 Å². The summed E-state index contributed by atoms with van der Waals surface area (Å²) >= 11 is 0. The van der Waals surface area contributed by atoms with Crippen LogP contribution in [0.3, 0.4) is 0 Å². The van der Waals surface area contributed by atoms with Crippen LogP contribution in [0, 0.1) is 12.8 Å². The molecule has 94 valence electrons. The van der Waals surface area contributed by atoms with Crippen molar-refractivity contribution in [2.75, 3.05) is 0 Å². The highest BCUT2D eigenvalue weighted by Crippen LogP contribution is 2.19. The molecule has 0 amide bonds. The number of carbonyl (C=O) groups is 1. The Hall–Kier alpha value is -1.35. The third-order valence-corrected chi connectivity index (χ3v) is 2.97. The first-order chi connectivity index (χ1) is 7.81. The van der Waals surface area contributed by atoms with E-state index in [1.54, 1.807) is 6.92 Å². The topological polar surface area (TPSA) is 63.3 Å². The van der Waals surface area contributed by atoms with Crippen molar-refractivity contribution >= 4 is 5.97 Å². The minimum Gasteiger partial charge on any atom is -0.480 e. The quantitative estimate of drug-likeness (QED) is 0.823. The largest absolute Gasteiger partial charge is 0.480 e. The van der Waals surface area contributed by atoms with E-state index in [1.165, 1.54) is 11.1 Å². The van der Waals surface area contributed by atoms with Crippen LogP contribution in [0.25, 0.3) is 0 Å². The minimum atomic E-state index is -1.13. The Labute approximate surface area is 103 Å². The Kier molecular flexibility index (Phi) is 4.29. The number of hydrogen-bond acceptors (Lipinski definition) is 2. The molecule has 3 nitrogen and oxygen atoms in total. The summed E-state index contributed by atoms with van der Waals surface area (Å²) in [5.41, 5.74) is 7.06. The second kappa shape index (κ2) is 5.32. The molecule has 2 atom stereocenters. The second-order valence-electron chi connectivity index (χ2n) is 5.22. The summed E-state index contributed by atoms with van der Waals surface area (Å²) in [5.74, 6) is -0.683. The third kappa shape index (κ3) is 4.19. The summed E-state index contributed by atoms with van der Waals surface area (Å²) in [6.07, 6.45) is 1.34. The summed E-state index contributed by atoms with van der Waals surface area (Å²) < 4.78 is 0. The highest BCUT2D eigenvalue weighted by molar-refractivity contribution is 5.77. The Morgan fingerprint density at radius 1 is 1.41 bits per heavy atom. The van der Waals surface area contributed by atoms with Crippen LogP contribution in [0.2, 0.25) is 0 Å². The molecular weight excluding hydrogens is 214 g/mol. The average molecular weight is 235 g/mol. The van der Waals surface area contributed by atoms with Crippen molar-refractivity contribution in [2.24, 2.45) is 11.7 Å². The van der Waals surface area contributed by atoms with Gasteiger partial charge in [0.25, 0.3) is 0 Å². The van der Waals surface area contributed by atoms with E-state index in [1.807, 2.05) is 6.92 Å². The Balaban J connectivity index is 2.58. The number of aryl methyl sites for hydroxylation is 1. The molecule has 1 aromatic rings. The summed E-state index contributed by atoms with van der Waals surface area (Å²) in [6.45, 7) is 5.66. The van der Waals surface area contributed by atoms with E-state index in [4.69, 9.17) is 10.8 Å². The van der Waals surface area contributed by atoms with Gasteiger partial charge < -0.3 is 10.8 Å². The van der Waals surface area contributed by atoms with E-state index >= 15 is 0 Å². The van der Waals surface area contributed by atoms with Gasteiger partial charge in [-0.3, -0.25) is 4.79 Å². The van der Waals surface area contributed by atoms with Crippen molar-refractivity contribution in [3.05, 3.63) is 35.4 Å². The fraction of sp³-hybridized carbons (Fsp3) is 0.500. The number of carboxylic acids is 1. The van der Waals surface area contributed by atoms with E-state index in [9.17, 15) is 4.79 Å². The summed E-state index contributed by atoms with van der Waals surface area (Å²) in [6, 6.07) is 8.31. The molecular formula is C14H21NO2. The van der Waals surface area contributed by atoms with Gasteiger partial charge >= 0.3 is 5.97 Å². The van der Waals surface area contributed by atoms with Gasteiger partial charge in [0.15, 0.2) is 0 Å². The number of rotatable bonds is 5.